The smallest absolute Gasteiger partial charge is 0.155 e. The molecule has 0 aliphatic heterocycles. The van der Waals surface area contributed by atoms with Gasteiger partial charge in [-0.15, -0.1) is 0 Å². The highest BCUT2D eigenvalue weighted by molar-refractivity contribution is 5.43. The maximum Gasteiger partial charge on any atom is 0.155 e. The summed E-state index contributed by atoms with van der Waals surface area (Å²) in [7, 11) is 0. The van der Waals surface area contributed by atoms with Crippen LogP contribution in [0.25, 0.3) is 0 Å². The Bertz CT molecular complexity index is 512. The van der Waals surface area contributed by atoms with Crippen molar-refractivity contribution in [1.29, 1.82) is 0 Å². The lowest BCUT2D eigenvalue weighted by atomic mass is 10.2. The molecule has 0 aliphatic rings. The lowest BCUT2D eigenvalue weighted by Gasteiger charge is -2.12. The van der Waals surface area contributed by atoms with Gasteiger partial charge in [-0.25, -0.2) is 5.43 Å². The van der Waals surface area contributed by atoms with Crippen molar-refractivity contribution in [2.24, 2.45) is 0 Å². The number of hydrogen-bond acceptors (Lipinski definition) is 4. The predicted molar refractivity (Wildman–Crippen MR) is 75.8 cm³/mol. The Morgan fingerprint density at radius 2 is 1.79 bits per heavy atom. The SMILES string of the molecule is Cc1ccc(NNCOc2ccccc2CO)cc1. The molecule has 0 bridgehead atoms. The Hall–Kier alpha value is -2.04. The molecule has 19 heavy (non-hydrogen) atoms. The van der Waals surface area contributed by atoms with Gasteiger partial charge in [-0.05, 0) is 25.1 Å². The molecule has 0 spiro atoms. The number of benzene rings is 2. The van der Waals surface area contributed by atoms with E-state index in [1.807, 2.05) is 55.5 Å². The number of aliphatic hydroxyl groups is 1. The number of rotatable bonds is 6. The van der Waals surface area contributed by atoms with Crippen LogP contribution in [-0.2, 0) is 6.61 Å². The highest BCUT2D eigenvalue weighted by Crippen LogP contribution is 2.17. The number of aliphatic hydroxyl groups excluding tert-OH is 1. The highest BCUT2D eigenvalue weighted by Gasteiger charge is 2.00. The summed E-state index contributed by atoms with van der Waals surface area (Å²) in [6.45, 7) is 2.33. The fraction of sp³-hybridized carbons (Fsp3) is 0.200. The third-order valence-corrected chi connectivity index (χ3v) is 2.73. The van der Waals surface area contributed by atoms with Crippen molar-refractivity contribution in [2.75, 3.05) is 12.2 Å². The maximum atomic E-state index is 9.16. The minimum Gasteiger partial charge on any atom is -0.476 e. The first-order chi connectivity index (χ1) is 9.29. The minimum atomic E-state index is -0.0262. The summed E-state index contributed by atoms with van der Waals surface area (Å²) in [6, 6.07) is 15.5. The molecular weight excluding hydrogens is 240 g/mol. The molecule has 100 valence electrons. The number of nitrogens with one attached hydrogen (secondary N) is 2. The third kappa shape index (κ3) is 3.98. The minimum absolute atomic E-state index is 0.0262. The summed E-state index contributed by atoms with van der Waals surface area (Å²) in [5.41, 5.74) is 8.98. The van der Waals surface area contributed by atoms with E-state index in [2.05, 4.69) is 10.9 Å². The number of hydrogen-bond donors (Lipinski definition) is 3. The Kier molecular flexibility index (Phi) is 4.78. The summed E-state index contributed by atoms with van der Waals surface area (Å²) in [4.78, 5) is 0. The van der Waals surface area contributed by atoms with Gasteiger partial charge in [0.25, 0.3) is 0 Å². The quantitative estimate of drug-likeness (QED) is 0.423. The first kappa shape index (κ1) is 13.4. The Labute approximate surface area is 113 Å². The largest absolute Gasteiger partial charge is 0.476 e. The van der Waals surface area contributed by atoms with Gasteiger partial charge in [0.2, 0.25) is 0 Å². The van der Waals surface area contributed by atoms with E-state index >= 15 is 0 Å². The molecule has 0 saturated heterocycles. The zero-order chi connectivity index (χ0) is 13.5. The van der Waals surface area contributed by atoms with Crippen molar-refractivity contribution in [3.63, 3.8) is 0 Å². The van der Waals surface area contributed by atoms with E-state index in [1.165, 1.54) is 5.56 Å². The third-order valence-electron chi connectivity index (χ3n) is 2.73. The van der Waals surface area contributed by atoms with Crippen molar-refractivity contribution in [3.8, 4) is 5.75 Å². The van der Waals surface area contributed by atoms with Crippen molar-refractivity contribution in [1.82, 2.24) is 5.43 Å². The summed E-state index contributed by atoms with van der Waals surface area (Å²) in [5.74, 6) is 0.684. The molecule has 0 radical (unpaired) electrons. The van der Waals surface area contributed by atoms with Gasteiger partial charge in [-0.3, -0.25) is 0 Å². The van der Waals surface area contributed by atoms with Crippen LogP contribution in [-0.4, -0.2) is 11.8 Å². The summed E-state index contributed by atoms with van der Waals surface area (Å²) in [6.07, 6.45) is 0. The van der Waals surface area contributed by atoms with Crippen molar-refractivity contribution < 1.29 is 9.84 Å². The molecule has 0 aliphatic carbocycles. The molecule has 2 aromatic rings. The number of anilines is 1. The van der Waals surface area contributed by atoms with Crippen LogP contribution in [0.3, 0.4) is 0 Å². The topological polar surface area (TPSA) is 53.5 Å². The lowest BCUT2D eigenvalue weighted by Crippen LogP contribution is -2.26. The normalized spacial score (nSPS) is 10.2. The van der Waals surface area contributed by atoms with Gasteiger partial charge >= 0.3 is 0 Å². The van der Waals surface area contributed by atoms with Gasteiger partial charge in [0.1, 0.15) is 5.75 Å². The molecule has 0 aromatic heterocycles. The van der Waals surface area contributed by atoms with Gasteiger partial charge in [-0.1, -0.05) is 35.9 Å². The molecule has 2 rings (SSSR count). The van der Waals surface area contributed by atoms with Crippen LogP contribution in [0, 0.1) is 6.92 Å². The highest BCUT2D eigenvalue weighted by atomic mass is 16.5. The lowest BCUT2D eigenvalue weighted by molar-refractivity contribution is 0.256. The van der Waals surface area contributed by atoms with Crippen molar-refractivity contribution in [3.05, 3.63) is 59.7 Å². The predicted octanol–water partition coefficient (Wildman–Crippen LogP) is 2.44. The molecule has 0 heterocycles. The van der Waals surface area contributed by atoms with Gasteiger partial charge in [0.05, 0.1) is 6.61 Å². The molecule has 4 heteroatoms. The number of aryl methyl sites for hydroxylation is 1. The fourth-order valence-electron chi connectivity index (χ4n) is 1.66. The average molecular weight is 258 g/mol. The van der Waals surface area contributed by atoms with E-state index in [4.69, 9.17) is 9.84 Å². The van der Waals surface area contributed by atoms with E-state index < -0.39 is 0 Å². The van der Waals surface area contributed by atoms with Crippen LogP contribution in [0.5, 0.6) is 5.75 Å². The maximum absolute atomic E-state index is 9.16. The first-order valence-corrected chi connectivity index (χ1v) is 6.16. The molecular formula is C15H18N2O2. The standard InChI is InChI=1S/C15H18N2O2/c1-12-6-8-14(9-7-12)17-16-11-19-15-5-3-2-4-13(15)10-18/h2-9,16-18H,10-11H2,1H3. The van der Waals surface area contributed by atoms with Crippen LogP contribution in [0.1, 0.15) is 11.1 Å². The van der Waals surface area contributed by atoms with Crippen molar-refractivity contribution >= 4 is 5.69 Å². The van der Waals surface area contributed by atoms with Crippen molar-refractivity contribution in [2.45, 2.75) is 13.5 Å². The van der Waals surface area contributed by atoms with Gasteiger partial charge < -0.3 is 15.3 Å². The number of hydrazine groups is 1. The molecule has 2 aromatic carbocycles. The second-order valence-corrected chi connectivity index (χ2v) is 4.22. The van der Waals surface area contributed by atoms with Crippen LogP contribution < -0.4 is 15.6 Å². The van der Waals surface area contributed by atoms with E-state index in [-0.39, 0.29) is 6.61 Å². The second kappa shape index (κ2) is 6.78. The zero-order valence-corrected chi connectivity index (χ0v) is 10.9. The Morgan fingerprint density at radius 1 is 1.05 bits per heavy atom. The number of para-hydroxylation sites is 1. The Balaban J connectivity index is 1.79. The van der Waals surface area contributed by atoms with Crippen LogP contribution in [0.15, 0.2) is 48.5 Å². The summed E-state index contributed by atoms with van der Waals surface area (Å²) in [5, 5.41) is 9.16. The molecule has 0 atom stereocenters. The second-order valence-electron chi connectivity index (χ2n) is 4.22. The number of ether oxygens (including phenoxy) is 1. The van der Waals surface area contributed by atoms with Crippen LogP contribution in [0.2, 0.25) is 0 Å². The van der Waals surface area contributed by atoms with Gasteiger partial charge in [-0.2, -0.15) is 0 Å². The van der Waals surface area contributed by atoms with E-state index in [0.717, 1.165) is 11.3 Å². The summed E-state index contributed by atoms with van der Waals surface area (Å²) >= 11 is 0. The molecule has 0 fully saturated rings. The summed E-state index contributed by atoms with van der Waals surface area (Å²) < 4.78 is 5.54. The Morgan fingerprint density at radius 3 is 2.53 bits per heavy atom. The monoisotopic (exact) mass is 258 g/mol. The molecule has 0 unspecified atom stereocenters. The fourth-order valence-corrected chi connectivity index (χ4v) is 1.66. The zero-order valence-electron chi connectivity index (χ0n) is 10.9. The van der Waals surface area contributed by atoms with Gasteiger partial charge in [0.15, 0.2) is 6.73 Å². The molecule has 0 amide bonds. The molecule has 0 saturated carbocycles. The molecule has 3 N–H and O–H groups in total. The van der Waals surface area contributed by atoms with Crippen LogP contribution in [0.4, 0.5) is 5.69 Å². The van der Waals surface area contributed by atoms with E-state index in [0.29, 0.717) is 12.5 Å². The average Bonchev–Trinajstić information content (AvgIpc) is 2.46. The first-order valence-electron chi connectivity index (χ1n) is 6.16. The van der Waals surface area contributed by atoms with Crippen LogP contribution >= 0.6 is 0 Å². The van der Waals surface area contributed by atoms with Gasteiger partial charge in [0, 0.05) is 11.3 Å². The molecule has 4 nitrogen and oxygen atoms in total. The van der Waals surface area contributed by atoms with E-state index in [1.54, 1.807) is 0 Å². The van der Waals surface area contributed by atoms with E-state index in [9.17, 15) is 0 Å².